The average Bonchev–Trinajstić information content (AvgIpc) is 2.82. The van der Waals surface area contributed by atoms with Crippen LogP contribution < -0.4 is 15.5 Å². The summed E-state index contributed by atoms with van der Waals surface area (Å²) in [4.78, 5) is 38.8. The van der Waals surface area contributed by atoms with Crippen molar-refractivity contribution in [1.29, 1.82) is 0 Å². The Morgan fingerprint density at radius 3 is 2.70 bits per heavy atom. The second-order valence-electron chi connectivity index (χ2n) is 6.70. The lowest BCUT2D eigenvalue weighted by Gasteiger charge is -2.22. The number of carbonyl (C=O) groups excluding carboxylic acids is 3. The van der Waals surface area contributed by atoms with Crippen molar-refractivity contribution < 1.29 is 19.1 Å². The molecule has 8 heteroatoms. The number of benzene rings is 2. The Kier molecular flexibility index (Phi) is 6.74. The zero-order chi connectivity index (χ0) is 21.7. The largest absolute Gasteiger partial charge is 0.466 e. The monoisotopic (exact) mass is 427 g/mol. The van der Waals surface area contributed by atoms with Gasteiger partial charge in [-0.25, -0.2) is 0 Å². The molecule has 0 aromatic heterocycles. The van der Waals surface area contributed by atoms with Crippen molar-refractivity contribution in [2.45, 2.75) is 20.3 Å². The maximum Gasteiger partial charge on any atom is 0.311 e. The molecule has 2 N–H and O–H groups in total. The molecule has 2 aromatic rings. The molecule has 2 aromatic carbocycles. The topological polar surface area (TPSA) is 87.7 Å². The normalized spacial score (nSPS) is 13.0. The number of nitrogens with one attached hydrogen (secondary N) is 2. The number of para-hydroxylation sites is 2. The van der Waals surface area contributed by atoms with E-state index in [2.05, 4.69) is 10.6 Å². The molecule has 156 valence electrons. The van der Waals surface area contributed by atoms with E-state index in [4.69, 9.17) is 16.3 Å². The smallest absolute Gasteiger partial charge is 0.311 e. The van der Waals surface area contributed by atoms with Crippen molar-refractivity contribution in [3.63, 3.8) is 0 Å². The molecule has 0 fully saturated rings. The molecule has 2 amide bonds. The van der Waals surface area contributed by atoms with Crippen LogP contribution in [0.1, 0.15) is 18.9 Å². The van der Waals surface area contributed by atoms with Crippen LogP contribution in [0, 0.1) is 6.92 Å². The maximum atomic E-state index is 12.9. The highest BCUT2D eigenvalue weighted by Crippen LogP contribution is 2.31. The lowest BCUT2D eigenvalue weighted by Crippen LogP contribution is -2.37. The predicted molar refractivity (Wildman–Crippen MR) is 117 cm³/mol. The van der Waals surface area contributed by atoms with Crippen molar-refractivity contribution in [3.05, 3.63) is 64.8 Å². The molecular formula is C22H22ClN3O4. The first-order valence-corrected chi connectivity index (χ1v) is 9.85. The van der Waals surface area contributed by atoms with Crippen LogP contribution in [0.4, 0.5) is 17.1 Å². The minimum absolute atomic E-state index is 0.0765. The van der Waals surface area contributed by atoms with Gasteiger partial charge in [-0.1, -0.05) is 35.9 Å². The molecule has 0 bridgehead atoms. The summed E-state index contributed by atoms with van der Waals surface area (Å²) in [6, 6.07) is 12.4. The number of ether oxygens (including phenoxy) is 1. The molecule has 0 unspecified atom stereocenters. The Morgan fingerprint density at radius 1 is 1.17 bits per heavy atom. The van der Waals surface area contributed by atoms with Crippen LogP contribution in [0.25, 0.3) is 0 Å². The van der Waals surface area contributed by atoms with Crippen LogP contribution in [0.5, 0.6) is 0 Å². The zero-order valence-electron chi connectivity index (χ0n) is 16.7. The Bertz CT molecular complexity index is 1020. The molecule has 0 radical (unpaired) electrons. The van der Waals surface area contributed by atoms with E-state index in [0.717, 1.165) is 5.56 Å². The van der Waals surface area contributed by atoms with Crippen LogP contribution in [0.2, 0.25) is 5.02 Å². The summed E-state index contributed by atoms with van der Waals surface area (Å²) in [5.41, 5.74) is 2.86. The van der Waals surface area contributed by atoms with Crippen molar-refractivity contribution in [2.24, 2.45) is 0 Å². The molecule has 0 saturated carbocycles. The van der Waals surface area contributed by atoms with Gasteiger partial charge in [-0.05, 0) is 37.6 Å². The first-order chi connectivity index (χ1) is 14.4. The quantitative estimate of drug-likeness (QED) is 0.683. The van der Waals surface area contributed by atoms with Crippen LogP contribution in [0.15, 0.2) is 54.2 Å². The summed E-state index contributed by atoms with van der Waals surface area (Å²) in [6.07, 6.45) is 1.23. The number of fused-ring (bicyclic) bond motifs is 1. The summed E-state index contributed by atoms with van der Waals surface area (Å²) in [5, 5.41) is 6.29. The van der Waals surface area contributed by atoms with Gasteiger partial charge < -0.3 is 15.4 Å². The van der Waals surface area contributed by atoms with Crippen LogP contribution in [-0.4, -0.2) is 30.9 Å². The van der Waals surface area contributed by atoms with Gasteiger partial charge in [0.1, 0.15) is 6.54 Å². The predicted octanol–water partition coefficient (Wildman–Crippen LogP) is 3.88. The summed E-state index contributed by atoms with van der Waals surface area (Å²) in [7, 11) is 0. The van der Waals surface area contributed by atoms with Crippen molar-refractivity contribution in [2.75, 3.05) is 28.7 Å². The van der Waals surface area contributed by atoms with Gasteiger partial charge in [0.25, 0.3) is 5.91 Å². The molecule has 0 atom stereocenters. The third-order valence-corrected chi connectivity index (χ3v) is 4.96. The maximum absolute atomic E-state index is 12.9. The van der Waals surface area contributed by atoms with Crippen LogP contribution in [-0.2, 0) is 19.1 Å². The van der Waals surface area contributed by atoms with Gasteiger partial charge >= 0.3 is 5.97 Å². The van der Waals surface area contributed by atoms with Crippen molar-refractivity contribution >= 4 is 46.4 Å². The van der Waals surface area contributed by atoms with Crippen molar-refractivity contribution in [3.8, 4) is 0 Å². The van der Waals surface area contributed by atoms with E-state index in [1.54, 1.807) is 43.3 Å². The lowest BCUT2D eigenvalue weighted by atomic mass is 10.2. The number of rotatable bonds is 6. The van der Waals surface area contributed by atoms with E-state index in [1.807, 2.05) is 13.0 Å². The lowest BCUT2D eigenvalue weighted by molar-refractivity contribution is -0.142. The molecule has 1 heterocycles. The van der Waals surface area contributed by atoms with E-state index in [9.17, 15) is 14.4 Å². The Morgan fingerprint density at radius 2 is 1.93 bits per heavy atom. The second kappa shape index (κ2) is 9.45. The van der Waals surface area contributed by atoms with E-state index in [-0.39, 0.29) is 19.6 Å². The minimum atomic E-state index is -0.443. The fraction of sp³-hybridized carbons (Fsp3) is 0.227. The zero-order valence-corrected chi connectivity index (χ0v) is 17.5. The van der Waals surface area contributed by atoms with Crippen molar-refractivity contribution in [1.82, 2.24) is 0 Å². The van der Waals surface area contributed by atoms with Crippen LogP contribution in [0.3, 0.4) is 0 Å². The second-order valence-corrected chi connectivity index (χ2v) is 7.08. The number of hydrogen-bond donors (Lipinski definition) is 2. The molecular weight excluding hydrogens is 406 g/mol. The van der Waals surface area contributed by atoms with Gasteiger partial charge in [0.2, 0.25) is 5.91 Å². The number of nitrogens with zero attached hydrogens (tertiary/aromatic N) is 1. The number of hydrogen-bond acceptors (Lipinski definition) is 5. The molecule has 7 nitrogen and oxygen atoms in total. The molecule has 30 heavy (non-hydrogen) atoms. The molecule has 0 spiro atoms. The molecule has 0 saturated heterocycles. The van der Waals surface area contributed by atoms with Gasteiger partial charge in [0, 0.05) is 11.8 Å². The van der Waals surface area contributed by atoms with Gasteiger partial charge in [0.05, 0.1) is 35.1 Å². The highest BCUT2D eigenvalue weighted by molar-refractivity contribution is 6.34. The first kappa shape index (κ1) is 21.4. The molecule has 1 aliphatic heterocycles. The van der Waals surface area contributed by atoms with E-state index < -0.39 is 17.8 Å². The molecule has 0 aliphatic carbocycles. The number of aryl methyl sites for hydroxylation is 1. The fourth-order valence-corrected chi connectivity index (χ4v) is 3.25. The van der Waals surface area contributed by atoms with E-state index in [1.165, 1.54) is 11.0 Å². The number of carbonyl (C=O) groups is 3. The number of esters is 1. The number of anilines is 3. The standard InChI is InChI=1S/C22H22ClN3O4/c1-3-30-21(29)12-15-11-20(28)26(18-10-5-4-8-16(18)24-15)13-19(27)25-17-9-6-7-14(2)22(17)23/h4-11,24H,3,12-13H2,1-2H3,(H,25,27). The number of amides is 2. The fourth-order valence-electron chi connectivity index (χ4n) is 3.07. The molecule has 1 aliphatic rings. The van der Waals surface area contributed by atoms with Gasteiger partial charge in [-0.3, -0.25) is 19.3 Å². The van der Waals surface area contributed by atoms with Gasteiger partial charge in [0.15, 0.2) is 0 Å². The Hall–Kier alpha value is -3.32. The summed E-state index contributed by atoms with van der Waals surface area (Å²) < 4.78 is 4.97. The minimum Gasteiger partial charge on any atom is -0.466 e. The van der Waals surface area contributed by atoms with Gasteiger partial charge in [-0.2, -0.15) is 0 Å². The van der Waals surface area contributed by atoms with Crippen LogP contribution >= 0.6 is 11.6 Å². The SMILES string of the molecule is CCOC(=O)CC1=CC(=O)N(CC(=O)Nc2cccc(C)c2Cl)c2ccccc2N1. The first-order valence-electron chi connectivity index (χ1n) is 9.47. The van der Waals surface area contributed by atoms with Gasteiger partial charge in [-0.15, -0.1) is 0 Å². The Labute approximate surface area is 179 Å². The summed E-state index contributed by atoms with van der Waals surface area (Å²) in [6.45, 7) is 3.59. The highest BCUT2D eigenvalue weighted by atomic mass is 35.5. The average molecular weight is 428 g/mol. The molecule has 3 rings (SSSR count). The summed E-state index contributed by atoms with van der Waals surface area (Å²) in [5.74, 6) is -1.26. The highest BCUT2D eigenvalue weighted by Gasteiger charge is 2.25. The van der Waals surface area contributed by atoms with E-state index in [0.29, 0.717) is 27.8 Å². The third-order valence-electron chi connectivity index (χ3n) is 4.46. The Balaban J connectivity index is 1.83. The third kappa shape index (κ3) is 4.99. The van der Waals surface area contributed by atoms with E-state index >= 15 is 0 Å². The summed E-state index contributed by atoms with van der Waals surface area (Å²) >= 11 is 6.25. The number of halogens is 1.